The Labute approximate surface area is 113 Å². The normalized spacial score (nSPS) is 11.4. The Morgan fingerprint density at radius 3 is 1.89 bits per heavy atom. The molecule has 0 saturated heterocycles. The van der Waals surface area contributed by atoms with Gasteiger partial charge in [-0.3, -0.25) is 0 Å². The van der Waals surface area contributed by atoms with Gasteiger partial charge >= 0.3 is 0 Å². The number of rotatable bonds is 8. The van der Waals surface area contributed by atoms with E-state index in [9.17, 15) is 0 Å². The van der Waals surface area contributed by atoms with E-state index in [0.29, 0.717) is 0 Å². The van der Waals surface area contributed by atoms with Crippen molar-refractivity contribution in [1.29, 1.82) is 0 Å². The predicted octanol–water partition coefficient (Wildman–Crippen LogP) is 3.02. The van der Waals surface area contributed by atoms with Crippen molar-refractivity contribution in [2.24, 2.45) is 0 Å². The molecule has 0 aliphatic carbocycles. The quantitative estimate of drug-likeness (QED) is 0.698. The molecule has 0 unspecified atom stereocenters. The Morgan fingerprint density at radius 2 is 1.39 bits per heavy atom. The Bertz CT molecular complexity index is 314. The van der Waals surface area contributed by atoms with E-state index in [0.717, 1.165) is 39.1 Å². The highest BCUT2D eigenvalue weighted by Gasteiger charge is 2.03. The Hall–Kier alpha value is -0.860. The molecule has 0 N–H and O–H groups in total. The molecule has 2 nitrogen and oxygen atoms in total. The van der Waals surface area contributed by atoms with Crippen LogP contribution < -0.4 is 0 Å². The highest BCUT2D eigenvalue weighted by atomic mass is 15.2. The van der Waals surface area contributed by atoms with E-state index in [1.807, 2.05) is 0 Å². The van der Waals surface area contributed by atoms with Crippen molar-refractivity contribution < 1.29 is 0 Å². The lowest BCUT2D eigenvalue weighted by Crippen LogP contribution is -2.32. The van der Waals surface area contributed by atoms with Gasteiger partial charge in [0.15, 0.2) is 0 Å². The third-order valence-electron chi connectivity index (χ3n) is 3.58. The van der Waals surface area contributed by atoms with Crippen molar-refractivity contribution in [1.82, 2.24) is 9.80 Å². The van der Waals surface area contributed by atoms with Gasteiger partial charge in [0.25, 0.3) is 0 Å². The van der Waals surface area contributed by atoms with Crippen LogP contribution in [0.3, 0.4) is 0 Å². The van der Waals surface area contributed by atoms with E-state index in [1.165, 1.54) is 11.1 Å². The van der Waals surface area contributed by atoms with Crippen LogP contribution in [0.15, 0.2) is 24.3 Å². The molecule has 0 atom stereocenters. The first-order valence-corrected chi connectivity index (χ1v) is 7.18. The van der Waals surface area contributed by atoms with Crippen LogP contribution in [0.5, 0.6) is 0 Å². The molecule has 0 radical (unpaired) electrons. The molecule has 0 heterocycles. The maximum atomic E-state index is 2.47. The molecule has 1 aromatic carbocycles. The second-order valence-corrected chi connectivity index (χ2v) is 4.93. The molecule has 0 aliphatic heterocycles. The van der Waals surface area contributed by atoms with Gasteiger partial charge in [0.1, 0.15) is 0 Å². The van der Waals surface area contributed by atoms with E-state index in [4.69, 9.17) is 0 Å². The molecule has 2 heteroatoms. The molecule has 1 aromatic rings. The van der Waals surface area contributed by atoms with E-state index in [2.05, 4.69) is 61.9 Å². The molecule has 18 heavy (non-hydrogen) atoms. The van der Waals surface area contributed by atoms with Gasteiger partial charge in [0.05, 0.1) is 0 Å². The van der Waals surface area contributed by atoms with Crippen LogP contribution in [-0.4, -0.2) is 43.0 Å². The lowest BCUT2D eigenvalue weighted by Gasteiger charge is -2.23. The van der Waals surface area contributed by atoms with Gasteiger partial charge in [-0.1, -0.05) is 45.0 Å². The van der Waals surface area contributed by atoms with E-state index in [1.54, 1.807) is 0 Å². The van der Waals surface area contributed by atoms with Crippen molar-refractivity contribution in [2.75, 3.05) is 33.2 Å². The standard InChI is InChI=1S/C16H28N2/c1-5-15-8-10-16(11-9-15)14-17(4)12-13-18(6-2)7-3/h8-11H,5-7,12-14H2,1-4H3. The summed E-state index contributed by atoms with van der Waals surface area (Å²) in [5, 5.41) is 0. The average molecular weight is 248 g/mol. The minimum atomic E-state index is 1.05. The molecule has 1 rings (SSSR count). The summed E-state index contributed by atoms with van der Waals surface area (Å²) in [6.07, 6.45) is 1.12. The molecule has 0 spiro atoms. The summed E-state index contributed by atoms with van der Waals surface area (Å²) in [6.45, 7) is 12.3. The van der Waals surface area contributed by atoms with Gasteiger partial charge in [-0.05, 0) is 37.7 Å². The Kier molecular flexibility index (Phi) is 6.99. The van der Waals surface area contributed by atoms with Gasteiger partial charge in [-0.2, -0.15) is 0 Å². The fraction of sp³-hybridized carbons (Fsp3) is 0.625. The topological polar surface area (TPSA) is 6.48 Å². The summed E-state index contributed by atoms with van der Waals surface area (Å²) < 4.78 is 0. The molecular formula is C16H28N2. The van der Waals surface area contributed by atoms with Crippen molar-refractivity contribution >= 4 is 0 Å². The molecule has 0 bridgehead atoms. The lowest BCUT2D eigenvalue weighted by molar-refractivity contribution is 0.236. The highest BCUT2D eigenvalue weighted by molar-refractivity contribution is 5.22. The highest BCUT2D eigenvalue weighted by Crippen LogP contribution is 2.07. The number of likely N-dealkylation sites (N-methyl/N-ethyl adjacent to an activating group) is 2. The largest absolute Gasteiger partial charge is 0.303 e. The van der Waals surface area contributed by atoms with Gasteiger partial charge < -0.3 is 9.80 Å². The van der Waals surface area contributed by atoms with Crippen LogP contribution in [-0.2, 0) is 13.0 Å². The summed E-state index contributed by atoms with van der Waals surface area (Å²) in [4.78, 5) is 4.87. The van der Waals surface area contributed by atoms with Crippen LogP contribution in [0, 0.1) is 0 Å². The summed E-state index contributed by atoms with van der Waals surface area (Å²) in [7, 11) is 2.21. The molecular weight excluding hydrogens is 220 g/mol. The maximum Gasteiger partial charge on any atom is 0.0231 e. The second kappa shape index (κ2) is 8.28. The fourth-order valence-electron chi connectivity index (χ4n) is 2.12. The van der Waals surface area contributed by atoms with Gasteiger partial charge in [-0.15, -0.1) is 0 Å². The van der Waals surface area contributed by atoms with Gasteiger partial charge in [-0.25, -0.2) is 0 Å². The smallest absolute Gasteiger partial charge is 0.0231 e. The van der Waals surface area contributed by atoms with Crippen LogP contribution in [0.2, 0.25) is 0 Å². The second-order valence-electron chi connectivity index (χ2n) is 4.93. The van der Waals surface area contributed by atoms with Crippen molar-refractivity contribution in [3.05, 3.63) is 35.4 Å². The fourth-order valence-corrected chi connectivity index (χ4v) is 2.12. The molecule has 0 aliphatic rings. The maximum absolute atomic E-state index is 2.47. The third-order valence-corrected chi connectivity index (χ3v) is 3.58. The summed E-state index contributed by atoms with van der Waals surface area (Å²) in [5.41, 5.74) is 2.83. The Balaban J connectivity index is 2.36. The van der Waals surface area contributed by atoms with Crippen LogP contribution >= 0.6 is 0 Å². The molecule has 0 fully saturated rings. The zero-order valence-electron chi connectivity index (χ0n) is 12.4. The zero-order chi connectivity index (χ0) is 13.4. The minimum absolute atomic E-state index is 1.05. The number of nitrogens with zero attached hydrogens (tertiary/aromatic N) is 2. The predicted molar refractivity (Wildman–Crippen MR) is 79.9 cm³/mol. The molecule has 0 aromatic heterocycles. The minimum Gasteiger partial charge on any atom is -0.303 e. The van der Waals surface area contributed by atoms with Crippen molar-refractivity contribution in [3.8, 4) is 0 Å². The van der Waals surface area contributed by atoms with Crippen LogP contribution in [0.4, 0.5) is 0 Å². The molecule has 0 amide bonds. The van der Waals surface area contributed by atoms with Gasteiger partial charge in [0, 0.05) is 19.6 Å². The van der Waals surface area contributed by atoms with Crippen LogP contribution in [0.25, 0.3) is 0 Å². The van der Waals surface area contributed by atoms with Crippen molar-refractivity contribution in [2.45, 2.75) is 33.7 Å². The van der Waals surface area contributed by atoms with Crippen LogP contribution in [0.1, 0.15) is 31.9 Å². The Morgan fingerprint density at radius 1 is 0.833 bits per heavy atom. The summed E-state index contributed by atoms with van der Waals surface area (Å²) in [5.74, 6) is 0. The zero-order valence-corrected chi connectivity index (χ0v) is 12.4. The SMILES string of the molecule is CCc1ccc(CN(C)CCN(CC)CC)cc1. The first-order valence-electron chi connectivity index (χ1n) is 7.18. The number of hydrogen-bond donors (Lipinski definition) is 0. The van der Waals surface area contributed by atoms with Gasteiger partial charge in [0.2, 0.25) is 0 Å². The molecule has 102 valence electrons. The third kappa shape index (κ3) is 5.19. The van der Waals surface area contributed by atoms with E-state index < -0.39 is 0 Å². The van der Waals surface area contributed by atoms with Crippen molar-refractivity contribution in [3.63, 3.8) is 0 Å². The lowest BCUT2D eigenvalue weighted by atomic mass is 10.1. The number of aryl methyl sites for hydroxylation is 1. The first-order chi connectivity index (χ1) is 8.69. The monoisotopic (exact) mass is 248 g/mol. The molecule has 0 saturated carbocycles. The first kappa shape index (κ1) is 15.2. The number of hydrogen-bond acceptors (Lipinski definition) is 2. The average Bonchev–Trinajstić information content (AvgIpc) is 2.41. The van der Waals surface area contributed by atoms with E-state index in [-0.39, 0.29) is 0 Å². The van der Waals surface area contributed by atoms with E-state index >= 15 is 0 Å². The number of benzene rings is 1. The summed E-state index contributed by atoms with van der Waals surface area (Å²) in [6, 6.07) is 9.00. The summed E-state index contributed by atoms with van der Waals surface area (Å²) >= 11 is 0.